The summed E-state index contributed by atoms with van der Waals surface area (Å²) in [6.45, 7) is 5.39. The number of hydrogen-bond donors (Lipinski definition) is 4. The quantitative estimate of drug-likeness (QED) is 0.0813. The Morgan fingerprint density at radius 3 is 2.60 bits per heavy atom. The molecule has 15 heteroatoms. The van der Waals surface area contributed by atoms with Gasteiger partial charge in [0.1, 0.15) is 17.1 Å². The van der Waals surface area contributed by atoms with Gasteiger partial charge in [-0.15, -0.1) is 11.3 Å². The van der Waals surface area contributed by atoms with Crippen LogP contribution in [0.15, 0.2) is 54.7 Å². The van der Waals surface area contributed by atoms with Crippen LogP contribution >= 0.6 is 34.5 Å². The van der Waals surface area contributed by atoms with Crippen molar-refractivity contribution in [3.8, 4) is 34.3 Å². The maximum Gasteiger partial charge on any atom is 0.306 e. The molecule has 4 N–H and O–H groups in total. The average Bonchev–Trinajstić information content (AvgIpc) is 3.79. The van der Waals surface area contributed by atoms with E-state index in [2.05, 4.69) is 31.9 Å². The molecule has 2 aliphatic rings. The first-order valence-electron chi connectivity index (χ1n) is 18.2. The summed E-state index contributed by atoms with van der Waals surface area (Å²) in [6, 6.07) is 17.6. The van der Waals surface area contributed by atoms with Crippen LogP contribution in [0.4, 0.5) is 11.5 Å². The van der Waals surface area contributed by atoms with Crippen molar-refractivity contribution in [3.05, 3.63) is 80.9 Å². The molecule has 1 atom stereocenters. The molecule has 3 aromatic heterocycles. The lowest BCUT2D eigenvalue weighted by Gasteiger charge is -2.29. The monoisotopic (exact) mass is 798 g/mol. The summed E-state index contributed by atoms with van der Waals surface area (Å²) in [6.07, 6.45) is 4.57. The number of nitriles is 1. The summed E-state index contributed by atoms with van der Waals surface area (Å²) in [5, 5.41) is 30.2. The van der Waals surface area contributed by atoms with E-state index in [4.69, 9.17) is 43.2 Å². The Hall–Kier alpha value is -4.84. The van der Waals surface area contributed by atoms with E-state index in [1.54, 1.807) is 17.5 Å². The molecule has 12 nitrogen and oxygen atoms in total. The van der Waals surface area contributed by atoms with Gasteiger partial charge in [-0.25, -0.2) is 15.0 Å². The van der Waals surface area contributed by atoms with E-state index in [9.17, 15) is 14.7 Å². The summed E-state index contributed by atoms with van der Waals surface area (Å²) >= 11 is 15.9. The van der Waals surface area contributed by atoms with Gasteiger partial charge in [0, 0.05) is 54.0 Å². The molecule has 0 aliphatic carbocycles. The Bertz CT molecular complexity index is 2270. The number of rotatable bonds is 14. The fraction of sp³-hybridized carbons (Fsp3) is 0.350. The number of halogens is 2. The van der Waals surface area contributed by atoms with E-state index in [1.807, 2.05) is 55.5 Å². The summed E-state index contributed by atoms with van der Waals surface area (Å²) in [5.41, 5.74) is 5.95. The third kappa shape index (κ3) is 8.85. The standard InChI is InChI=1S/C40H40Cl2N8O4S/c1-23-19-31(48-39(54-18-4-14-43)29(23)21-44-20-25-9-10-33(51)46-25)28-7-2-5-26(35(28)41)27-6-3-8-30(36(27)42)47-38-37-32(11-15-45-38)55-34(49-37)22-50-16-12-24(13-17-50)40(52)53/h2-3,5-8,11,15,19,24-25,44H,4,9-10,12-13,16-18,20-22H2,1H3,(H,45,47)(H,46,51)(H,52,53)/t25-/m0/s1. The van der Waals surface area contributed by atoms with Crippen molar-refractivity contribution >= 4 is 68.1 Å². The van der Waals surface area contributed by atoms with E-state index < -0.39 is 5.97 Å². The molecule has 0 radical (unpaired) electrons. The van der Waals surface area contributed by atoms with Gasteiger partial charge in [0.15, 0.2) is 5.82 Å². The Morgan fingerprint density at radius 2 is 1.85 bits per heavy atom. The molecule has 7 rings (SSSR count). The highest BCUT2D eigenvalue weighted by Crippen LogP contribution is 2.43. The number of amides is 1. The van der Waals surface area contributed by atoms with Gasteiger partial charge in [0.25, 0.3) is 0 Å². The molecule has 1 amide bonds. The van der Waals surface area contributed by atoms with Crippen LogP contribution in [-0.4, -0.2) is 69.1 Å². The minimum Gasteiger partial charge on any atom is -0.481 e. The molecule has 0 spiro atoms. The van der Waals surface area contributed by atoms with Gasteiger partial charge in [-0.2, -0.15) is 5.26 Å². The van der Waals surface area contributed by atoms with Gasteiger partial charge in [-0.3, -0.25) is 14.5 Å². The number of anilines is 2. The molecule has 2 aliphatic heterocycles. The first-order valence-corrected chi connectivity index (χ1v) is 19.8. The number of carbonyl (C=O) groups is 2. The molecule has 5 aromatic rings. The van der Waals surface area contributed by atoms with Crippen molar-refractivity contribution in [1.29, 1.82) is 5.26 Å². The van der Waals surface area contributed by atoms with Gasteiger partial charge < -0.3 is 25.8 Å². The summed E-state index contributed by atoms with van der Waals surface area (Å²) < 4.78 is 7.02. The van der Waals surface area contributed by atoms with Crippen LogP contribution in [0.3, 0.4) is 0 Å². The van der Waals surface area contributed by atoms with Crippen molar-refractivity contribution in [1.82, 2.24) is 30.5 Å². The SMILES string of the molecule is Cc1cc(-c2cccc(-c3cccc(Nc4nccc5sc(CN6CCC(C(=O)O)CC6)nc45)c3Cl)c2Cl)nc(OCCC#N)c1CNC[C@@H]1CCC(=O)N1. The normalized spacial score (nSPS) is 16.3. The molecule has 0 unspecified atom stereocenters. The van der Waals surface area contributed by atoms with Crippen molar-refractivity contribution < 1.29 is 19.4 Å². The predicted molar refractivity (Wildman–Crippen MR) is 215 cm³/mol. The Labute approximate surface area is 332 Å². The van der Waals surface area contributed by atoms with Crippen LogP contribution < -0.4 is 20.7 Å². The number of carboxylic acid groups (broad SMARTS) is 1. The van der Waals surface area contributed by atoms with Crippen LogP contribution in [0.1, 0.15) is 48.2 Å². The van der Waals surface area contributed by atoms with E-state index in [0.29, 0.717) is 77.6 Å². The number of aliphatic carboxylic acids is 1. The lowest BCUT2D eigenvalue weighted by molar-refractivity contribution is -0.143. The summed E-state index contributed by atoms with van der Waals surface area (Å²) in [4.78, 5) is 39.7. The number of thiazole rings is 1. The largest absolute Gasteiger partial charge is 0.481 e. The smallest absolute Gasteiger partial charge is 0.306 e. The number of pyridine rings is 2. The third-order valence-electron chi connectivity index (χ3n) is 10.0. The van der Waals surface area contributed by atoms with Crippen LogP contribution in [0.5, 0.6) is 5.88 Å². The van der Waals surface area contributed by atoms with Gasteiger partial charge in [-0.05, 0) is 63.0 Å². The molecular weight excluding hydrogens is 759 g/mol. The maximum atomic E-state index is 11.6. The Morgan fingerprint density at radius 1 is 1.09 bits per heavy atom. The highest BCUT2D eigenvalue weighted by atomic mass is 35.5. The molecule has 2 aromatic carbocycles. The second-order valence-electron chi connectivity index (χ2n) is 13.8. The second-order valence-corrected chi connectivity index (χ2v) is 15.6. The molecular formula is C40H40Cl2N8O4S. The van der Waals surface area contributed by atoms with E-state index in [0.717, 1.165) is 57.0 Å². The van der Waals surface area contributed by atoms with Crippen LogP contribution in [0.25, 0.3) is 32.6 Å². The number of nitrogens with one attached hydrogen (secondary N) is 3. The number of nitrogens with zero attached hydrogens (tertiary/aromatic N) is 5. The number of aryl methyl sites for hydroxylation is 1. The van der Waals surface area contributed by atoms with Crippen molar-refractivity contribution in [3.63, 3.8) is 0 Å². The zero-order chi connectivity index (χ0) is 38.5. The first kappa shape index (κ1) is 38.4. The number of likely N-dealkylation sites (tertiary alicyclic amines) is 1. The van der Waals surface area contributed by atoms with Gasteiger partial charge in [0.05, 0.1) is 51.1 Å². The molecule has 55 heavy (non-hydrogen) atoms. The number of benzene rings is 2. The highest BCUT2D eigenvalue weighted by Gasteiger charge is 2.26. The van der Waals surface area contributed by atoms with Gasteiger partial charge in [0.2, 0.25) is 11.8 Å². The summed E-state index contributed by atoms with van der Waals surface area (Å²) in [5.74, 6) is 0.0750. The number of hydrogen-bond acceptors (Lipinski definition) is 11. The molecule has 5 heterocycles. The number of ether oxygens (including phenoxy) is 1. The van der Waals surface area contributed by atoms with Crippen molar-refractivity contribution in [2.45, 2.75) is 58.2 Å². The van der Waals surface area contributed by atoms with Crippen LogP contribution in [0.2, 0.25) is 10.0 Å². The van der Waals surface area contributed by atoms with Crippen LogP contribution in [0, 0.1) is 24.2 Å². The zero-order valence-corrected chi connectivity index (χ0v) is 32.5. The second kappa shape index (κ2) is 17.3. The predicted octanol–water partition coefficient (Wildman–Crippen LogP) is 7.74. The lowest BCUT2D eigenvalue weighted by atomic mass is 9.97. The lowest BCUT2D eigenvalue weighted by Crippen LogP contribution is -2.35. The fourth-order valence-corrected chi connectivity index (χ4v) is 8.63. The van der Waals surface area contributed by atoms with Crippen molar-refractivity contribution in [2.24, 2.45) is 5.92 Å². The minimum absolute atomic E-state index is 0.0714. The first-order chi connectivity index (χ1) is 26.7. The maximum absolute atomic E-state index is 11.6. The van der Waals surface area contributed by atoms with Gasteiger partial charge in [-0.1, -0.05) is 53.5 Å². The minimum atomic E-state index is -0.720. The number of fused-ring (bicyclic) bond motifs is 1. The molecule has 2 fully saturated rings. The Kier molecular flexibility index (Phi) is 12.1. The topological polar surface area (TPSA) is 165 Å². The van der Waals surface area contributed by atoms with Gasteiger partial charge >= 0.3 is 5.97 Å². The number of piperidine rings is 1. The van der Waals surface area contributed by atoms with Crippen LogP contribution in [-0.2, 0) is 22.7 Å². The fourth-order valence-electron chi connectivity index (χ4n) is 7.03. The van der Waals surface area contributed by atoms with E-state index >= 15 is 0 Å². The summed E-state index contributed by atoms with van der Waals surface area (Å²) in [7, 11) is 0. The molecule has 2 saturated heterocycles. The van der Waals surface area contributed by atoms with Crippen molar-refractivity contribution in [2.75, 3.05) is 31.6 Å². The number of carboxylic acids is 1. The number of aromatic nitrogens is 3. The zero-order valence-electron chi connectivity index (χ0n) is 30.2. The Balaban J connectivity index is 1.12. The molecule has 284 valence electrons. The average molecular weight is 800 g/mol. The number of carbonyl (C=O) groups excluding carboxylic acids is 1. The highest BCUT2D eigenvalue weighted by molar-refractivity contribution is 7.18. The molecule has 0 saturated carbocycles. The molecule has 0 bridgehead atoms. The van der Waals surface area contributed by atoms with E-state index in [1.165, 1.54) is 0 Å². The van der Waals surface area contributed by atoms with E-state index in [-0.39, 0.29) is 30.9 Å². The third-order valence-corrected chi connectivity index (χ3v) is 11.8.